The number of rotatable bonds is 5. The second-order valence-electron chi connectivity index (χ2n) is 2.99. The van der Waals surface area contributed by atoms with Crippen LogP contribution in [-0.4, -0.2) is 17.6 Å². The Morgan fingerprint density at radius 1 is 1.36 bits per heavy atom. The number of hydrogen-bond donors (Lipinski definition) is 0. The number of nitrogens with zero attached hydrogens (tertiary/aromatic N) is 1. The molecule has 0 saturated carbocycles. The van der Waals surface area contributed by atoms with Gasteiger partial charge in [0.25, 0.3) is 0 Å². The first-order valence-electron chi connectivity index (χ1n) is 4.38. The Labute approximate surface area is 67.3 Å². The maximum absolute atomic E-state index is 13.2. The highest BCUT2D eigenvalue weighted by Gasteiger charge is 2.54. The summed E-state index contributed by atoms with van der Waals surface area (Å²) in [4.78, 5) is 4.81. The van der Waals surface area contributed by atoms with Gasteiger partial charge in [0.1, 0.15) is 0 Å². The summed E-state index contributed by atoms with van der Waals surface area (Å²) in [5.74, 6) is -1.40. The van der Waals surface area contributed by atoms with Gasteiger partial charge in [0, 0.05) is 13.0 Å². The molecule has 0 aromatic heterocycles. The van der Waals surface area contributed by atoms with E-state index in [4.69, 9.17) is 4.84 Å². The summed E-state index contributed by atoms with van der Waals surface area (Å²) in [6.45, 7) is 4.78. The Morgan fingerprint density at radius 2 is 2.09 bits per heavy atom. The van der Waals surface area contributed by atoms with Crippen molar-refractivity contribution in [3.05, 3.63) is 0 Å². The van der Waals surface area contributed by atoms with E-state index in [-0.39, 0.29) is 0 Å². The lowest BCUT2D eigenvalue weighted by Gasteiger charge is -1.98. The van der Waals surface area contributed by atoms with Crippen molar-refractivity contribution in [2.45, 2.75) is 45.5 Å². The van der Waals surface area contributed by atoms with Gasteiger partial charge in [-0.2, -0.15) is 4.39 Å². The Kier molecular flexibility index (Phi) is 2.84. The van der Waals surface area contributed by atoms with Gasteiger partial charge in [0.15, 0.2) is 0 Å². The molecular formula is C8H16FNO. The molecule has 3 heteroatoms. The Hall–Kier alpha value is -0.150. The van der Waals surface area contributed by atoms with Gasteiger partial charge < -0.3 is 0 Å². The summed E-state index contributed by atoms with van der Waals surface area (Å²) in [5.41, 5.74) is 0. The van der Waals surface area contributed by atoms with Gasteiger partial charge in [0.2, 0.25) is 0 Å². The Morgan fingerprint density at radius 3 is 2.64 bits per heavy atom. The topological polar surface area (TPSA) is 15.5 Å². The van der Waals surface area contributed by atoms with Crippen molar-refractivity contribution in [1.29, 1.82) is 0 Å². The van der Waals surface area contributed by atoms with Gasteiger partial charge in [-0.1, -0.05) is 20.3 Å². The highest BCUT2D eigenvalue weighted by Crippen LogP contribution is 2.40. The third-order valence-corrected chi connectivity index (χ3v) is 1.86. The molecule has 1 saturated heterocycles. The van der Waals surface area contributed by atoms with Crippen LogP contribution in [0.15, 0.2) is 0 Å². The van der Waals surface area contributed by atoms with Crippen LogP contribution in [0, 0.1) is 0 Å². The van der Waals surface area contributed by atoms with E-state index in [2.05, 4.69) is 6.92 Å². The largest absolute Gasteiger partial charge is 0.306 e. The van der Waals surface area contributed by atoms with Crippen molar-refractivity contribution in [2.24, 2.45) is 0 Å². The molecule has 0 bridgehead atoms. The van der Waals surface area contributed by atoms with Crippen LogP contribution >= 0.6 is 0 Å². The molecule has 0 amide bonds. The van der Waals surface area contributed by atoms with E-state index in [1.54, 1.807) is 0 Å². The predicted octanol–water partition coefficient (Wildman–Crippen LogP) is 2.46. The quantitative estimate of drug-likeness (QED) is 0.454. The molecule has 2 nitrogen and oxygen atoms in total. The van der Waals surface area contributed by atoms with E-state index in [0.29, 0.717) is 6.42 Å². The van der Waals surface area contributed by atoms with Gasteiger partial charge in [-0.3, -0.25) is 0 Å². The van der Waals surface area contributed by atoms with Crippen LogP contribution in [0.4, 0.5) is 4.39 Å². The fourth-order valence-electron chi connectivity index (χ4n) is 1.14. The zero-order chi connectivity index (χ0) is 8.32. The number of hydroxylamine groups is 2. The zero-order valence-corrected chi connectivity index (χ0v) is 7.27. The molecule has 0 N–H and O–H groups in total. The van der Waals surface area contributed by atoms with Crippen LogP contribution < -0.4 is 0 Å². The third-order valence-electron chi connectivity index (χ3n) is 1.86. The minimum absolute atomic E-state index is 0.497. The van der Waals surface area contributed by atoms with Crippen molar-refractivity contribution >= 4 is 0 Å². The maximum atomic E-state index is 13.2. The SMILES string of the molecule is CCCCN1OC1(F)CCC. The lowest BCUT2D eigenvalue weighted by atomic mass is 10.3. The summed E-state index contributed by atoms with van der Waals surface area (Å²) in [6.07, 6.45) is 3.42. The van der Waals surface area contributed by atoms with Gasteiger partial charge in [-0.15, -0.1) is 5.06 Å². The summed E-state index contributed by atoms with van der Waals surface area (Å²) in [5, 5.41) is 1.44. The zero-order valence-electron chi connectivity index (χ0n) is 7.27. The third kappa shape index (κ3) is 2.14. The van der Waals surface area contributed by atoms with Crippen molar-refractivity contribution in [2.75, 3.05) is 6.54 Å². The van der Waals surface area contributed by atoms with Crippen LogP contribution in [0.5, 0.6) is 0 Å². The highest BCUT2D eigenvalue weighted by atomic mass is 19.2. The Balaban J connectivity index is 2.12. The van der Waals surface area contributed by atoms with Gasteiger partial charge in [-0.25, -0.2) is 4.84 Å². The van der Waals surface area contributed by atoms with E-state index in [0.717, 1.165) is 25.8 Å². The van der Waals surface area contributed by atoms with Crippen LogP contribution in [0.2, 0.25) is 0 Å². The number of halogens is 1. The van der Waals surface area contributed by atoms with Crippen molar-refractivity contribution in [1.82, 2.24) is 5.06 Å². The maximum Gasteiger partial charge on any atom is 0.306 e. The monoisotopic (exact) mass is 161 g/mol. The Bertz CT molecular complexity index is 131. The first-order valence-corrected chi connectivity index (χ1v) is 4.38. The van der Waals surface area contributed by atoms with E-state index in [1.165, 1.54) is 5.06 Å². The fraction of sp³-hybridized carbons (Fsp3) is 1.00. The molecule has 0 aliphatic carbocycles. The summed E-state index contributed by atoms with van der Waals surface area (Å²) >= 11 is 0. The van der Waals surface area contributed by atoms with Gasteiger partial charge in [-0.05, 0) is 12.8 Å². The van der Waals surface area contributed by atoms with Gasteiger partial charge >= 0.3 is 5.98 Å². The molecule has 1 aliphatic heterocycles. The summed E-state index contributed by atoms with van der Waals surface area (Å²) in [6, 6.07) is 0. The number of alkyl halides is 1. The van der Waals surface area contributed by atoms with Crippen molar-refractivity contribution in [3.8, 4) is 0 Å². The first kappa shape index (κ1) is 8.94. The molecule has 0 spiro atoms. The van der Waals surface area contributed by atoms with Crippen molar-refractivity contribution in [3.63, 3.8) is 0 Å². The predicted molar refractivity (Wildman–Crippen MR) is 41.4 cm³/mol. The van der Waals surface area contributed by atoms with E-state index in [1.807, 2.05) is 6.92 Å². The van der Waals surface area contributed by atoms with E-state index in [9.17, 15) is 4.39 Å². The van der Waals surface area contributed by atoms with E-state index >= 15 is 0 Å². The molecule has 1 rings (SSSR count). The number of unbranched alkanes of at least 4 members (excludes halogenated alkanes) is 1. The summed E-state index contributed by atoms with van der Waals surface area (Å²) < 4.78 is 13.2. The summed E-state index contributed by atoms with van der Waals surface area (Å²) in [7, 11) is 0. The molecule has 66 valence electrons. The molecular weight excluding hydrogens is 145 g/mol. The van der Waals surface area contributed by atoms with Crippen LogP contribution in [0.25, 0.3) is 0 Å². The molecule has 1 heterocycles. The van der Waals surface area contributed by atoms with Crippen LogP contribution in [0.1, 0.15) is 39.5 Å². The molecule has 11 heavy (non-hydrogen) atoms. The van der Waals surface area contributed by atoms with Crippen LogP contribution in [-0.2, 0) is 4.84 Å². The molecule has 2 unspecified atom stereocenters. The average Bonchev–Trinajstić information content (AvgIpc) is 2.58. The van der Waals surface area contributed by atoms with Crippen LogP contribution in [0.3, 0.4) is 0 Å². The van der Waals surface area contributed by atoms with Gasteiger partial charge in [0.05, 0.1) is 0 Å². The molecule has 0 aromatic rings. The molecule has 0 aromatic carbocycles. The minimum atomic E-state index is -1.40. The smallest absolute Gasteiger partial charge is 0.237 e. The lowest BCUT2D eigenvalue weighted by molar-refractivity contribution is 0.127. The lowest BCUT2D eigenvalue weighted by Crippen LogP contribution is -2.12. The second kappa shape index (κ2) is 3.50. The molecule has 2 atom stereocenters. The minimum Gasteiger partial charge on any atom is -0.237 e. The highest BCUT2D eigenvalue weighted by molar-refractivity contribution is 4.74. The molecule has 0 radical (unpaired) electrons. The average molecular weight is 161 g/mol. The molecule has 1 aliphatic rings. The molecule has 1 fully saturated rings. The standard InChI is InChI=1S/C8H16FNO/c1-3-5-7-10-8(9,11-10)6-4-2/h3-7H2,1-2H3. The fourth-order valence-corrected chi connectivity index (χ4v) is 1.14. The van der Waals surface area contributed by atoms with Crippen molar-refractivity contribution < 1.29 is 9.23 Å². The number of hydrogen-bond acceptors (Lipinski definition) is 2. The first-order chi connectivity index (χ1) is 5.23. The second-order valence-corrected chi connectivity index (χ2v) is 2.99. The van der Waals surface area contributed by atoms with E-state index < -0.39 is 5.98 Å². The normalized spacial score (nSPS) is 35.7.